The standard InChI is InChI=1S/C18H33NO2Si/c1-18(2,3)21-17(20)19-15(12-13-22(4,5)6)16(19)14-10-8-7-9-11-14/h12-16H,7-11H2,1-6H3/b13-12+/t15-,16-,19?/m0/s1. The van der Waals surface area contributed by atoms with Crippen LogP contribution >= 0.6 is 0 Å². The molecule has 1 saturated carbocycles. The Morgan fingerprint density at radius 2 is 1.73 bits per heavy atom. The predicted octanol–water partition coefficient (Wildman–Crippen LogP) is 4.99. The SMILES string of the molecule is CC(C)(C)OC(=O)N1[C@@H](/C=C/[Si](C)(C)C)[C@@H]1C1CCCCC1. The summed E-state index contributed by atoms with van der Waals surface area (Å²) in [6.45, 7) is 12.8. The summed E-state index contributed by atoms with van der Waals surface area (Å²) in [7, 11) is -1.23. The lowest BCUT2D eigenvalue weighted by atomic mass is 9.86. The Morgan fingerprint density at radius 1 is 1.14 bits per heavy atom. The van der Waals surface area contributed by atoms with Gasteiger partial charge in [0.2, 0.25) is 0 Å². The van der Waals surface area contributed by atoms with Crippen molar-refractivity contribution < 1.29 is 9.53 Å². The van der Waals surface area contributed by atoms with E-state index in [0.29, 0.717) is 12.0 Å². The first-order chi connectivity index (χ1) is 10.1. The molecule has 0 aromatic carbocycles. The van der Waals surface area contributed by atoms with Gasteiger partial charge in [0.25, 0.3) is 0 Å². The van der Waals surface area contributed by atoms with E-state index in [1.165, 1.54) is 32.1 Å². The number of hydrogen-bond donors (Lipinski definition) is 0. The summed E-state index contributed by atoms with van der Waals surface area (Å²) in [5.41, 5.74) is 1.96. The van der Waals surface area contributed by atoms with E-state index < -0.39 is 13.7 Å². The largest absolute Gasteiger partial charge is 0.444 e. The fraction of sp³-hybridized carbons (Fsp3) is 0.833. The average Bonchev–Trinajstić information content (AvgIpc) is 3.09. The molecule has 1 aliphatic heterocycles. The van der Waals surface area contributed by atoms with Crippen LogP contribution in [0.1, 0.15) is 52.9 Å². The van der Waals surface area contributed by atoms with Crippen molar-refractivity contribution in [3.63, 3.8) is 0 Å². The summed E-state index contributed by atoms with van der Waals surface area (Å²) < 4.78 is 5.61. The number of carbonyl (C=O) groups is 1. The van der Waals surface area contributed by atoms with Gasteiger partial charge in [-0.2, -0.15) is 0 Å². The monoisotopic (exact) mass is 323 g/mol. The Bertz CT molecular complexity index is 427. The molecule has 2 aliphatic rings. The molecule has 0 radical (unpaired) electrons. The fourth-order valence-electron chi connectivity index (χ4n) is 3.40. The third kappa shape index (κ3) is 4.87. The third-order valence-corrected chi connectivity index (χ3v) is 5.63. The minimum atomic E-state index is -1.23. The van der Waals surface area contributed by atoms with E-state index in [0.717, 1.165) is 0 Å². The van der Waals surface area contributed by atoms with E-state index in [4.69, 9.17) is 4.74 Å². The molecule has 0 aromatic heterocycles. The van der Waals surface area contributed by atoms with Gasteiger partial charge < -0.3 is 4.74 Å². The highest BCUT2D eigenvalue weighted by Gasteiger charge is 2.54. The van der Waals surface area contributed by atoms with E-state index >= 15 is 0 Å². The maximum absolute atomic E-state index is 12.5. The van der Waals surface area contributed by atoms with Crippen molar-refractivity contribution in [3.05, 3.63) is 11.8 Å². The number of amides is 1. The zero-order valence-electron chi connectivity index (χ0n) is 15.2. The summed E-state index contributed by atoms with van der Waals surface area (Å²) in [6, 6.07) is 0.646. The number of hydrogen-bond acceptors (Lipinski definition) is 2. The topological polar surface area (TPSA) is 29.3 Å². The molecule has 126 valence electrons. The van der Waals surface area contributed by atoms with Crippen molar-refractivity contribution in [2.24, 2.45) is 5.92 Å². The van der Waals surface area contributed by atoms with Crippen LogP contribution in [-0.4, -0.2) is 36.8 Å². The number of rotatable bonds is 3. The summed E-state index contributed by atoms with van der Waals surface area (Å²) in [5.74, 6) is 0.664. The molecule has 0 unspecified atom stereocenters. The number of nitrogens with zero attached hydrogens (tertiary/aromatic N) is 1. The summed E-state index contributed by atoms with van der Waals surface area (Å²) in [5, 5.41) is 0. The molecule has 1 amide bonds. The molecule has 22 heavy (non-hydrogen) atoms. The van der Waals surface area contributed by atoms with E-state index in [1.807, 2.05) is 25.7 Å². The van der Waals surface area contributed by atoms with Gasteiger partial charge in [0.15, 0.2) is 0 Å². The molecular weight excluding hydrogens is 290 g/mol. The van der Waals surface area contributed by atoms with Crippen molar-refractivity contribution in [1.29, 1.82) is 0 Å². The molecule has 2 atom stereocenters. The van der Waals surface area contributed by atoms with Crippen LogP contribution in [0.5, 0.6) is 0 Å². The van der Waals surface area contributed by atoms with Gasteiger partial charge >= 0.3 is 6.09 Å². The van der Waals surface area contributed by atoms with Crippen LogP contribution in [0.3, 0.4) is 0 Å². The third-order valence-electron chi connectivity index (χ3n) is 4.43. The molecule has 4 heteroatoms. The van der Waals surface area contributed by atoms with Crippen molar-refractivity contribution in [2.45, 2.75) is 90.2 Å². The first-order valence-electron chi connectivity index (χ1n) is 8.79. The second-order valence-electron chi connectivity index (χ2n) is 8.99. The quantitative estimate of drug-likeness (QED) is 0.541. The first-order valence-corrected chi connectivity index (χ1v) is 12.4. The highest BCUT2D eigenvalue weighted by atomic mass is 28.3. The van der Waals surface area contributed by atoms with Gasteiger partial charge in [-0.15, -0.1) is 0 Å². The lowest BCUT2D eigenvalue weighted by Gasteiger charge is -2.23. The molecule has 3 nitrogen and oxygen atoms in total. The molecular formula is C18H33NO2Si. The molecule has 0 bridgehead atoms. The molecule has 2 rings (SSSR count). The maximum Gasteiger partial charge on any atom is 0.411 e. The van der Waals surface area contributed by atoms with Crippen LogP contribution in [0, 0.1) is 5.92 Å². The minimum absolute atomic E-state index is 0.131. The first kappa shape index (κ1) is 17.6. The zero-order chi connectivity index (χ0) is 16.5. The second kappa shape index (κ2) is 6.38. The smallest absolute Gasteiger partial charge is 0.411 e. The zero-order valence-corrected chi connectivity index (χ0v) is 16.2. The Labute approximate surface area is 137 Å². The molecule has 1 heterocycles. The second-order valence-corrected chi connectivity index (χ2v) is 14.1. The maximum atomic E-state index is 12.5. The summed E-state index contributed by atoms with van der Waals surface area (Å²) in [4.78, 5) is 14.5. The highest BCUT2D eigenvalue weighted by molar-refractivity contribution is 6.80. The predicted molar refractivity (Wildman–Crippen MR) is 94.7 cm³/mol. The van der Waals surface area contributed by atoms with Crippen molar-refractivity contribution in [3.8, 4) is 0 Å². The van der Waals surface area contributed by atoms with Crippen LogP contribution < -0.4 is 0 Å². The van der Waals surface area contributed by atoms with E-state index in [-0.39, 0.29) is 12.1 Å². The van der Waals surface area contributed by atoms with Crippen molar-refractivity contribution in [1.82, 2.24) is 4.90 Å². The summed E-state index contributed by atoms with van der Waals surface area (Å²) >= 11 is 0. The molecule has 0 N–H and O–H groups in total. The normalized spacial score (nSPS) is 27.3. The summed E-state index contributed by atoms with van der Waals surface area (Å²) in [6.07, 6.45) is 8.66. The highest BCUT2D eigenvalue weighted by Crippen LogP contribution is 2.43. The lowest BCUT2D eigenvalue weighted by molar-refractivity contribution is 0.0384. The molecule has 0 aromatic rings. The van der Waals surface area contributed by atoms with E-state index in [1.54, 1.807) is 0 Å². The van der Waals surface area contributed by atoms with E-state index in [9.17, 15) is 4.79 Å². The van der Waals surface area contributed by atoms with Gasteiger partial charge in [0, 0.05) is 0 Å². The molecule has 1 saturated heterocycles. The molecule has 0 spiro atoms. The van der Waals surface area contributed by atoms with E-state index in [2.05, 4.69) is 31.4 Å². The molecule has 1 aliphatic carbocycles. The van der Waals surface area contributed by atoms with Crippen LogP contribution in [-0.2, 0) is 4.74 Å². The van der Waals surface area contributed by atoms with Crippen LogP contribution in [0.4, 0.5) is 4.79 Å². The Hall–Kier alpha value is -0.773. The van der Waals surface area contributed by atoms with Gasteiger partial charge in [-0.1, -0.05) is 50.7 Å². The lowest BCUT2D eigenvalue weighted by Crippen LogP contribution is -2.29. The Kier molecular flexibility index (Phi) is 5.10. The number of ether oxygens (including phenoxy) is 1. The van der Waals surface area contributed by atoms with Crippen LogP contribution in [0.15, 0.2) is 11.8 Å². The molecule has 2 fully saturated rings. The average molecular weight is 324 g/mol. The van der Waals surface area contributed by atoms with Crippen LogP contribution in [0.25, 0.3) is 0 Å². The van der Waals surface area contributed by atoms with Gasteiger partial charge in [0.1, 0.15) is 5.60 Å². The minimum Gasteiger partial charge on any atom is -0.444 e. The van der Waals surface area contributed by atoms with Crippen LogP contribution in [0.2, 0.25) is 19.6 Å². The Morgan fingerprint density at radius 3 is 2.23 bits per heavy atom. The van der Waals surface area contributed by atoms with Gasteiger partial charge in [0.05, 0.1) is 20.2 Å². The van der Waals surface area contributed by atoms with Gasteiger partial charge in [-0.3, -0.25) is 4.90 Å². The fourth-order valence-corrected chi connectivity index (χ4v) is 4.18. The van der Waals surface area contributed by atoms with Crippen molar-refractivity contribution >= 4 is 14.2 Å². The Balaban J connectivity index is 2.07. The van der Waals surface area contributed by atoms with Gasteiger partial charge in [-0.05, 0) is 39.5 Å². The van der Waals surface area contributed by atoms with Gasteiger partial charge in [-0.25, -0.2) is 4.79 Å². The number of carbonyl (C=O) groups excluding carboxylic acids is 1. The van der Waals surface area contributed by atoms with Crippen molar-refractivity contribution in [2.75, 3.05) is 0 Å².